The fraction of sp³-hybridized carbons (Fsp3) is 0.300. The van der Waals surface area contributed by atoms with Crippen LogP contribution in [0.2, 0.25) is 0 Å². The third-order valence-electron chi connectivity index (χ3n) is 5.07. The average molecular weight is 363 g/mol. The number of carbonyl (C=O) groups is 1. The van der Waals surface area contributed by atoms with Crippen molar-refractivity contribution >= 4 is 5.91 Å². The second-order valence-corrected chi connectivity index (χ2v) is 6.81. The highest BCUT2D eigenvalue weighted by atomic mass is 16.2. The zero-order valence-corrected chi connectivity index (χ0v) is 15.1. The van der Waals surface area contributed by atoms with Gasteiger partial charge in [-0.15, -0.1) is 0 Å². The average Bonchev–Trinajstić information content (AvgIpc) is 3.10. The minimum absolute atomic E-state index is 0.00972. The Labute approximate surface area is 156 Å². The summed E-state index contributed by atoms with van der Waals surface area (Å²) in [5.41, 5.74) is 3.04. The predicted molar refractivity (Wildman–Crippen MR) is 101 cm³/mol. The van der Waals surface area contributed by atoms with E-state index < -0.39 is 0 Å². The van der Waals surface area contributed by atoms with E-state index in [0.29, 0.717) is 18.8 Å². The monoisotopic (exact) mass is 363 g/mol. The Morgan fingerprint density at radius 1 is 1.15 bits per heavy atom. The zero-order chi connectivity index (χ0) is 18.8. The largest absolute Gasteiger partial charge is 0.337 e. The Balaban J connectivity index is 1.47. The molecule has 0 radical (unpaired) electrons. The highest BCUT2D eigenvalue weighted by Crippen LogP contribution is 2.27. The number of piperidine rings is 1. The van der Waals surface area contributed by atoms with Gasteiger partial charge in [0, 0.05) is 37.7 Å². The van der Waals surface area contributed by atoms with Gasteiger partial charge in [-0.25, -0.2) is 4.98 Å². The number of carbonyl (C=O) groups excluding carboxylic acids is 1. The first-order valence-corrected chi connectivity index (χ1v) is 9.05. The summed E-state index contributed by atoms with van der Waals surface area (Å²) in [6.07, 6.45) is 3.03. The first-order chi connectivity index (χ1) is 13.1. The zero-order valence-electron chi connectivity index (χ0n) is 15.1. The maximum absolute atomic E-state index is 13.0. The van der Waals surface area contributed by atoms with Crippen LogP contribution >= 0.6 is 0 Å². The van der Waals surface area contributed by atoms with Crippen molar-refractivity contribution in [3.8, 4) is 11.3 Å². The van der Waals surface area contributed by atoms with E-state index in [1.54, 1.807) is 17.8 Å². The number of aromatic amines is 1. The van der Waals surface area contributed by atoms with Crippen LogP contribution in [0.15, 0.2) is 53.6 Å². The molecule has 7 nitrogen and oxygen atoms in total. The van der Waals surface area contributed by atoms with Gasteiger partial charge in [0.1, 0.15) is 5.69 Å². The fourth-order valence-corrected chi connectivity index (χ4v) is 3.56. The van der Waals surface area contributed by atoms with Crippen LogP contribution in [0, 0.1) is 0 Å². The molecule has 1 aliphatic heterocycles. The summed E-state index contributed by atoms with van der Waals surface area (Å²) in [6, 6.07) is 13.2. The lowest BCUT2D eigenvalue weighted by molar-refractivity contribution is 0.0701. The van der Waals surface area contributed by atoms with E-state index in [1.165, 1.54) is 6.33 Å². The lowest BCUT2D eigenvalue weighted by Crippen LogP contribution is -2.39. The van der Waals surface area contributed by atoms with E-state index in [0.717, 1.165) is 29.8 Å². The summed E-state index contributed by atoms with van der Waals surface area (Å²) < 4.78 is 1.65. The minimum Gasteiger partial charge on any atom is -0.337 e. The number of likely N-dealkylation sites (tertiary alicyclic amines) is 1. The molecule has 7 heteroatoms. The smallest absolute Gasteiger partial charge is 0.272 e. The van der Waals surface area contributed by atoms with Gasteiger partial charge in [-0.3, -0.25) is 14.3 Å². The van der Waals surface area contributed by atoms with Gasteiger partial charge in [0.05, 0.1) is 17.7 Å². The molecular weight excluding hydrogens is 342 g/mol. The van der Waals surface area contributed by atoms with Crippen molar-refractivity contribution < 1.29 is 4.79 Å². The summed E-state index contributed by atoms with van der Waals surface area (Å²) in [4.78, 5) is 33.1. The standard InChI is InChI=1S/C20H21N5O2/c1-24-18(11-17(23-24)14-5-3-2-4-6-14)20(27)25-9-7-15(8-10-25)16-12-19(26)22-13-21-16/h2-6,11-13,15H,7-10H2,1H3,(H,21,22,26). The van der Waals surface area contributed by atoms with E-state index in [4.69, 9.17) is 0 Å². The minimum atomic E-state index is -0.137. The van der Waals surface area contributed by atoms with Gasteiger partial charge in [-0.2, -0.15) is 5.10 Å². The van der Waals surface area contributed by atoms with Crippen LogP contribution in [-0.2, 0) is 7.05 Å². The Hall–Kier alpha value is -3.22. The molecule has 0 unspecified atom stereocenters. The maximum Gasteiger partial charge on any atom is 0.272 e. The summed E-state index contributed by atoms with van der Waals surface area (Å²) in [5, 5.41) is 4.49. The topological polar surface area (TPSA) is 83.9 Å². The molecule has 3 heterocycles. The molecule has 4 rings (SSSR count). The molecule has 1 N–H and O–H groups in total. The Bertz CT molecular complexity index is 1000. The van der Waals surface area contributed by atoms with Gasteiger partial charge in [-0.1, -0.05) is 30.3 Å². The quantitative estimate of drug-likeness (QED) is 0.773. The first kappa shape index (κ1) is 17.2. The Kier molecular flexibility index (Phi) is 4.58. The van der Waals surface area contributed by atoms with E-state index in [1.807, 2.05) is 41.3 Å². The van der Waals surface area contributed by atoms with Crippen molar-refractivity contribution in [2.75, 3.05) is 13.1 Å². The lowest BCUT2D eigenvalue weighted by atomic mass is 9.93. The Morgan fingerprint density at radius 3 is 2.59 bits per heavy atom. The number of amides is 1. The number of H-pyrrole nitrogens is 1. The molecule has 27 heavy (non-hydrogen) atoms. The second kappa shape index (κ2) is 7.19. The van der Waals surface area contributed by atoms with Crippen molar-refractivity contribution in [3.63, 3.8) is 0 Å². The van der Waals surface area contributed by atoms with Crippen molar-refractivity contribution in [3.05, 3.63) is 70.5 Å². The van der Waals surface area contributed by atoms with Crippen molar-refractivity contribution in [2.24, 2.45) is 7.05 Å². The number of hydrogen-bond donors (Lipinski definition) is 1. The van der Waals surface area contributed by atoms with Crippen molar-refractivity contribution in [1.82, 2.24) is 24.6 Å². The molecule has 2 aromatic heterocycles. The number of rotatable bonds is 3. The highest BCUT2D eigenvalue weighted by molar-refractivity contribution is 5.93. The summed E-state index contributed by atoms with van der Waals surface area (Å²) >= 11 is 0. The first-order valence-electron chi connectivity index (χ1n) is 9.05. The molecule has 0 spiro atoms. The highest BCUT2D eigenvalue weighted by Gasteiger charge is 2.27. The fourth-order valence-electron chi connectivity index (χ4n) is 3.56. The number of aryl methyl sites for hydroxylation is 1. The van der Waals surface area contributed by atoms with Gasteiger partial charge in [0.25, 0.3) is 11.5 Å². The molecule has 1 fully saturated rings. The van der Waals surface area contributed by atoms with E-state index in [2.05, 4.69) is 15.1 Å². The molecule has 1 aromatic carbocycles. The van der Waals surface area contributed by atoms with Crippen LogP contribution in [-0.4, -0.2) is 43.6 Å². The predicted octanol–water partition coefficient (Wildman–Crippen LogP) is 2.19. The molecule has 0 atom stereocenters. The van der Waals surface area contributed by atoms with Gasteiger partial charge in [-0.05, 0) is 18.9 Å². The van der Waals surface area contributed by atoms with Crippen LogP contribution in [0.25, 0.3) is 11.3 Å². The lowest BCUT2D eigenvalue weighted by Gasteiger charge is -2.31. The summed E-state index contributed by atoms with van der Waals surface area (Å²) in [5.74, 6) is 0.201. The number of nitrogens with one attached hydrogen (secondary N) is 1. The molecule has 138 valence electrons. The number of nitrogens with zero attached hydrogens (tertiary/aromatic N) is 4. The van der Waals surface area contributed by atoms with Gasteiger partial charge >= 0.3 is 0 Å². The molecule has 0 bridgehead atoms. The van der Waals surface area contributed by atoms with E-state index in [9.17, 15) is 9.59 Å². The third-order valence-corrected chi connectivity index (χ3v) is 5.07. The van der Waals surface area contributed by atoms with Crippen molar-refractivity contribution in [1.29, 1.82) is 0 Å². The van der Waals surface area contributed by atoms with Crippen LogP contribution in [0.5, 0.6) is 0 Å². The van der Waals surface area contributed by atoms with Crippen LogP contribution in [0.4, 0.5) is 0 Å². The van der Waals surface area contributed by atoms with Gasteiger partial charge in [0.2, 0.25) is 0 Å². The van der Waals surface area contributed by atoms with Gasteiger partial charge in [0.15, 0.2) is 0 Å². The SMILES string of the molecule is Cn1nc(-c2ccccc2)cc1C(=O)N1CCC(c2cc(=O)[nH]cn2)CC1. The normalized spacial score (nSPS) is 15.1. The molecule has 1 saturated heterocycles. The van der Waals surface area contributed by atoms with Gasteiger partial charge < -0.3 is 9.88 Å². The van der Waals surface area contributed by atoms with Crippen LogP contribution in [0.1, 0.15) is 34.9 Å². The van der Waals surface area contributed by atoms with Crippen LogP contribution < -0.4 is 5.56 Å². The summed E-state index contributed by atoms with van der Waals surface area (Å²) in [7, 11) is 1.80. The maximum atomic E-state index is 13.0. The molecule has 1 aliphatic rings. The van der Waals surface area contributed by atoms with E-state index in [-0.39, 0.29) is 17.4 Å². The third kappa shape index (κ3) is 3.53. The number of benzene rings is 1. The molecule has 1 amide bonds. The Morgan fingerprint density at radius 2 is 1.89 bits per heavy atom. The number of hydrogen-bond acceptors (Lipinski definition) is 4. The summed E-state index contributed by atoms with van der Waals surface area (Å²) in [6.45, 7) is 1.29. The number of aromatic nitrogens is 4. The van der Waals surface area contributed by atoms with E-state index >= 15 is 0 Å². The molecule has 3 aromatic rings. The molecule has 0 aliphatic carbocycles. The van der Waals surface area contributed by atoms with Crippen molar-refractivity contribution in [2.45, 2.75) is 18.8 Å². The van der Waals surface area contributed by atoms with Crippen LogP contribution in [0.3, 0.4) is 0 Å². The molecule has 0 saturated carbocycles. The molecular formula is C20H21N5O2. The second-order valence-electron chi connectivity index (χ2n) is 6.81.